The van der Waals surface area contributed by atoms with E-state index in [2.05, 4.69) is 4.98 Å². The van der Waals surface area contributed by atoms with Gasteiger partial charge in [0.1, 0.15) is 11.5 Å². The summed E-state index contributed by atoms with van der Waals surface area (Å²) in [7, 11) is 0. The predicted molar refractivity (Wildman–Crippen MR) is 64.9 cm³/mol. The number of carboxylic acids is 1. The Kier molecular flexibility index (Phi) is 2.53. The van der Waals surface area contributed by atoms with Crippen molar-refractivity contribution in [3.63, 3.8) is 0 Å². The summed E-state index contributed by atoms with van der Waals surface area (Å²) >= 11 is 0. The zero-order valence-corrected chi connectivity index (χ0v) is 9.84. The lowest BCUT2D eigenvalue weighted by atomic mass is 9.85. The summed E-state index contributed by atoms with van der Waals surface area (Å²) in [4.78, 5) is 15.3. The molecule has 0 amide bonds. The van der Waals surface area contributed by atoms with Crippen molar-refractivity contribution in [2.75, 3.05) is 5.73 Å². The molecule has 0 saturated carbocycles. The molecule has 2 aromatic rings. The number of nitrogen functional groups attached to an aromatic ring is 1. The lowest BCUT2D eigenvalue weighted by molar-refractivity contribution is -0.138. The van der Waals surface area contributed by atoms with E-state index in [-0.39, 0.29) is 6.42 Å². The maximum absolute atomic E-state index is 10.8. The van der Waals surface area contributed by atoms with Crippen molar-refractivity contribution in [1.29, 1.82) is 0 Å². The second-order valence-electron chi connectivity index (χ2n) is 4.73. The Labute approximate surface area is 98.9 Å². The number of nitrogens with two attached hydrogens (primary N) is 1. The third kappa shape index (κ3) is 1.95. The molecule has 2 heterocycles. The SMILES string of the molecule is CC(C)(CC(=O)O)c1nc2ccccn2c1N. The smallest absolute Gasteiger partial charge is 0.304 e. The van der Waals surface area contributed by atoms with E-state index >= 15 is 0 Å². The molecule has 0 aliphatic carbocycles. The van der Waals surface area contributed by atoms with Crippen molar-refractivity contribution in [2.24, 2.45) is 0 Å². The van der Waals surface area contributed by atoms with Crippen molar-refractivity contribution >= 4 is 17.4 Å². The summed E-state index contributed by atoms with van der Waals surface area (Å²) in [6, 6.07) is 5.57. The maximum Gasteiger partial charge on any atom is 0.304 e. The van der Waals surface area contributed by atoms with Crippen LogP contribution in [-0.4, -0.2) is 20.5 Å². The number of hydrogen-bond donors (Lipinski definition) is 2. The minimum Gasteiger partial charge on any atom is -0.481 e. The Balaban J connectivity index is 2.55. The molecule has 0 bridgehead atoms. The minimum absolute atomic E-state index is 0.00107. The Morgan fingerprint density at radius 1 is 1.53 bits per heavy atom. The largest absolute Gasteiger partial charge is 0.481 e. The number of anilines is 1. The molecule has 5 nitrogen and oxygen atoms in total. The molecule has 3 N–H and O–H groups in total. The number of carboxylic acid groups (broad SMARTS) is 1. The summed E-state index contributed by atoms with van der Waals surface area (Å²) in [6.07, 6.45) is 1.82. The first-order chi connectivity index (χ1) is 7.92. The summed E-state index contributed by atoms with van der Waals surface area (Å²) in [5.74, 6) is -0.349. The number of imidazole rings is 1. The quantitative estimate of drug-likeness (QED) is 0.845. The Morgan fingerprint density at radius 2 is 2.24 bits per heavy atom. The number of nitrogens with zero attached hydrogens (tertiary/aromatic N) is 2. The van der Waals surface area contributed by atoms with Crippen LogP contribution in [0.3, 0.4) is 0 Å². The summed E-state index contributed by atoms with van der Waals surface area (Å²) in [5, 5.41) is 8.90. The monoisotopic (exact) mass is 233 g/mol. The van der Waals surface area contributed by atoms with Crippen LogP contribution in [-0.2, 0) is 10.2 Å². The highest BCUT2D eigenvalue weighted by molar-refractivity contribution is 5.69. The van der Waals surface area contributed by atoms with Gasteiger partial charge in [-0.2, -0.15) is 0 Å². The average molecular weight is 233 g/mol. The van der Waals surface area contributed by atoms with Gasteiger partial charge in [-0.1, -0.05) is 19.9 Å². The fraction of sp³-hybridized carbons (Fsp3) is 0.333. The molecule has 90 valence electrons. The third-order valence-corrected chi connectivity index (χ3v) is 2.80. The maximum atomic E-state index is 10.8. The van der Waals surface area contributed by atoms with E-state index in [1.54, 1.807) is 4.40 Å². The highest BCUT2D eigenvalue weighted by Gasteiger charge is 2.29. The van der Waals surface area contributed by atoms with Gasteiger partial charge in [-0.25, -0.2) is 4.98 Å². The van der Waals surface area contributed by atoms with E-state index in [9.17, 15) is 4.79 Å². The van der Waals surface area contributed by atoms with Crippen LogP contribution >= 0.6 is 0 Å². The molecule has 0 saturated heterocycles. The molecular formula is C12H15N3O2. The molecule has 0 aliphatic rings. The van der Waals surface area contributed by atoms with Gasteiger partial charge >= 0.3 is 5.97 Å². The molecule has 0 radical (unpaired) electrons. The molecule has 0 aromatic carbocycles. The number of carbonyl (C=O) groups is 1. The van der Waals surface area contributed by atoms with Gasteiger partial charge in [0.25, 0.3) is 0 Å². The molecule has 0 unspecified atom stereocenters. The lowest BCUT2D eigenvalue weighted by Crippen LogP contribution is -2.23. The van der Waals surface area contributed by atoms with Crippen LogP contribution in [0.1, 0.15) is 26.0 Å². The van der Waals surface area contributed by atoms with Gasteiger partial charge in [0.05, 0.1) is 12.1 Å². The number of aromatic nitrogens is 2. The van der Waals surface area contributed by atoms with Crippen LogP contribution in [0.5, 0.6) is 0 Å². The second-order valence-corrected chi connectivity index (χ2v) is 4.73. The van der Waals surface area contributed by atoms with E-state index < -0.39 is 11.4 Å². The first-order valence-corrected chi connectivity index (χ1v) is 5.36. The number of pyridine rings is 1. The van der Waals surface area contributed by atoms with E-state index in [1.165, 1.54) is 0 Å². The van der Waals surface area contributed by atoms with Crippen LogP contribution in [0.25, 0.3) is 5.65 Å². The van der Waals surface area contributed by atoms with E-state index in [0.717, 1.165) is 5.65 Å². The Hall–Kier alpha value is -2.04. The van der Waals surface area contributed by atoms with Crippen molar-refractivity contribution in [3.8, 4) is 0 Å². The minimum atomic E-state index is -0.855. The molecule has 2 rings (SSSR count). The average Bonchev–Trinajstić information content (AvgIpc) is 2.56. The van der Waals surface area contributed by atoms with E-state index in [4.69, 9.17) is 10.8 Å². The van der Waals surface area contributed by atoms with Crippen molar-refractivity contribution in [2.45, 2.75) is 25.7 Å². The van der Waals surface area contributed by atoms with E-state index in [0.29, 0.717) is 11.5 Å². The summed E-state index contributed by atoms with van der Waals surface area (Å²) in [6.45, 7) is 3.67. The van der Waals surface area contributed by atoms with Crippen molar-refractivity contribution in [3.05, 3.63) is 30.1 Å². The Bertz CT molecular complexity index is 572. The number of aliphatic carboxylic acids is 1. The number of hydrogen-bond acceptors (Lipinski definition) is 3. The fourth-order valence-corrected chi connectivity index (χ4v) is 1.97. The molecule has 2 aromatic heterocycles. The van der Waals surface area contributed by atoms with Gasteiger partial charge in [-0.05, 0) is 12.1 Å². The van der Waals surface area contributed by atoms with Crippen LogP contribution in [0.2, 0.25) is 0 Å². The van der Waals surface area contributed by atoms with Gasteiger partial charge in [0, 0.05) is 11.6 Å². The van der Waals surface area contributed by atoms with Gasteiger partial charge in [0.15, 0.2) is 0 Å². The standard InChI is InChI=1S/C12H15N3O2/c1-12(2,7-9(16)17)10-11(13)15-6-4-3-5-8(15)14-10/h3-6H,7,13H2,1-2H3,(H,16,17). The van der Waals surface area contributed by atoms with Gasteiger partial charge < -0.3 is 10.8 Å². The van der Waals surface area contributed by atoms with Crippen LogP contribution in [0.4, 0.5) is 5.82 Å². The highest BCUT2D eigenvalue weighted by Crippen LogP contribution is 2.31. The van der Waals surface area contributed by atoms with Gasteiger partial charge in [-0.15, -0.1) is 0 Å². The molecular weight excluding hydrogens is 218 g/mol. The summed E-state index contributed by atoms with van der Waals surface area (Å²) in [5.41, 5.74) is 6.79. The molecule has 0 fully saturated rings. The third-order valence-electron chi connectivity index (χ3n) is 2.80. The molecule has 17 heavy (non-hydrogen) atoms. The second kappa shape index (κ2) is 3.76. The first kappa shape index (κ1) is 11.4. The first-order valence-electron chi connectivity index (χ1n) is 5.36. The summed E-state index contributed by atoms with van der Waals surface area (Å²) < 4.78 is 1.76. The lowest BCUT2D eigenvalue weighted by Gasteiger charge is -2.20. The van der Waals surface area contributed by atoms with Crippen LogP contribution in [0.15, 0.2) is 24.4 Å². The van der Waals surface area contributed by atoms with Crippen LogP contribution in [0, 0.1) is 0 Å². The topological polar surface area (TPSA) is 80.6 Å². The molecule has 0 aliphatic heterocycles. The molecule has 0 atom stereocenters. The van der Waals surface area contributed by atoms with E-state index in [1.807, 2.05) is 38.2 Å². The van der Waals surface area contributed by atoms with Gasteiger partial charge in [-0.3, -0.25) is 9.20 Å². The zero-order chi connectivity index (χ0) is 12.6. The van der Waals surface area contributed by atoms with Crippen LogP contribution < -0.4 is 5.73 Å². The fourth-order valence-electron chi connectivity index (χ4n) is 1.97. The van der Waals surface area contributed by atoms with Crippen molar-refractivity contribution < 1.29 is 9.90 Å². The normalized spacial score (nSPS) is 11.9. The van der Waals surface area contributed by atoms with Gasteiger partial charge in [0.2, 0.25) is 0 Å². The zero-order valence-electron chi connectivity index (χ0n) is 9.84. The molecule has 0 spiro atoms. The molecule has 5 heteroatoms. The predicted octanol–water partition coefficient (Wildman–Crippen LogP) is 1.67. The van der Waals surface area contributed by atoms with Crippen molar-refractivity contribution in [1.82, 2.24) is 9.38 Å². The Morgan fingerprint density at radius 3 is 2.82 bits per heavy atom. The number of rotatable bonds is 3. The highest BCUT2D eigenvalue weighted by atomic mass is 16.4. The number of fused-ring (bicyclic) bond motifs is 1.